The lowest BCUT2D eigenvalue weighted by Gasteiger charge is -2.11. The van der Waals surface area contributed by atoms with Crippen molar-refractivity contribution in [3.05, 3.63) is 34.4 Å². The van der Waals surface area contributed by atoms with Gasteiger partial charge in [-0.05, 0) is 23.0 Å². The van der Waals surface area contributed by atoms with Crippen LogP contribution in [0.15, 0.2) is 28.9 Å². The summed E-state index contributed by atoms with van der Waals surface area (Å²) >= 11 is 3.46. The highest BCUT2D eigenvalue weighted by atomic mass is 79.9. The lowest BCUT2D eigenvalue weighted by atomic mass is 10.1. The number of hydrogen-bond acceptors (Lipinski definition) is 2. The van der Waals surface area contributed by atoms with E-state index >= 15 is 0 Å². The molecule has 3 nitrogen and oxygen atoms in total. The molecule has 1 heterocycles. The van der Waals surface area contributed by atoms with Crippen LogP contribution < -0.4 is 5.32 Å². The quantitative estimate of drug-likeness (QED) is 0.799. The molecular formula is C11H13BrN2O. The largest absolute Gasteiger partial charge is 0.387 e. The van der Waals surface area contributed by atoms with Crippen LogP contribution in [-0.4, -0.2) is 23.7 Å². The molecule has 2 rings (SSSR count). The van der Waals surface area contributed by atoms with Gasteiger partial charge in [0.2, 0.25) is 0 Å². The van der Waals surface area contributed by atoms with Crippen molar-refractivity contribution in [3.63, 3.8) is 0 Å². The smallest absolute Gasteiger partial charge is 0.0934 e. The normalized spacial score (nSPS) is 13.3. The van der Waals surface area contributed by atoms with Crippen LogP contribution in [0.25, 0.3) is 10.9 Å². The maximum absolute atomic E-state index is 9.93. The second-order valence-electron chi connectivity index (χ2n) is 3.48. The lowest BCUT2D eigenvalue weighted by molar-refractivity contribution is 0.179. The first kappa shape index (κ1) is 10.7. The minimum Gasteiger partial charge on any atom is -0.387 e. The Morgan fingerprint density at radius 3 is 3.07 bits per heavy atom. The van der Waals surface area contributed by atoms with Crippen LogP contribution in [0.4, 0.5) is 0 Å². The van der Waals surface area contributed by atoms with Crippen molar-refractivity contribution in [1.82, 2.24) is 10.3 Å². The molecular weight excluding hydrogens is 256 g/mol. The molecule has 0 amide bonds. The monoisotopic (exact) mass is 268 g/mol. The van der Waals surface area contributed by atoms with Gasteiger partial charge in [0, 0.05) is 28.2 Å². The molecule has 1 aromatic heterocycles. The highest BCUT2D eigenvalue weighted by Gasteiger charge is 2.12. The highest BCUT2D eigenvalue weighted by molar-refractivity contribution is 9.10. The molecule has 4 heteroatoms. The first-order valence-electron chi connectivity index (χ1n) is 4.82. The average Bonchev–Trinajstić information content (AvgIpc) is 2.61. The molecule has 0 bridgehead atoms. The van der Waals surface area contributed by atoms with E-state index in [9.17, 15) is 5.11 Å². The lowest BCUT2D eigenvalue weighted by Crippen LogP contribution is -2.16. The molecule has 0 aliphatic rings. The van der Waals surface area contributed by atoms with Crippen LogP contribution >= 0.6 is 15.9 Å². The number of aliphatic hydroxyl groups excluding tert-OH is 1. The predicted octanol–water partition coefficient (Wildman–Crippen LogP) is 2.18. The van der Waals surface area contributed by atoms with Crippen molar-refractivity contribution in [2.75, 3.05) is 13.6 Å². The zero-order valence-corrected chi connectivity index (χ0v) is 10.0. The van der Waals surface area contributed by atoms with Crippen LogP contribution in [0.2, 0.25) is 0 Å². The number of halogens is 1. The standard InChI is InChI=1S/C11H13BrN2O/c1-13-6-10(15)8-4-2-3-7-9(12)5-14-11(7)8/h2-5,10,13-15H,6H2,1H3. The van der Waals surface area contributed by atoms with E-state index in [0.717, 1.165) is 20.9 Å². The van der Waals surface area contributed by atoms with Gasteiger partial charge in [0.25, 0.3) is 0 Å². The number of hydrogen-bond donors (Lipinski definition) is 3. The number of para-hydroxylation sites is 1. The van der Waals surface area contributed by atoms with Gasteiger partial charge >= 0.3 is 0 Å². The topological polar surface area (TPSA) is 48.0 Å². The molecule has 2 aromatic rings. The van der Waals surface area contributed by atoms with E-state index in [0.29, 0.717) is 6.54 Å². The van der Waals surface area contributed by atoms with Gasteiger partial charge in [-0.1, -0.05) is 18.2 Å². The first-order valence-corrected chi connectivity index (χ1v) is 5.61. The molecule has 3 N–H and O–H groups in total. The minimum absolute atomic E-state index is 0.482. The number of aromatic nitrogens is 1. The number of fused-ring (bicyclic) bond motifs is 1. The molecule has 0 saturated heterocycles. The van der Waals surface area contributed by atoms with Gasteiger partial charge in [0.1, 0.15) is 0 Å². The van der Waals surface area contributed by atoms with E-state index in [1.807, 2.05) is 31.4 Å². The van der Waals surface area contributed by atoms with E-state index in [2.05, 4.69) is 26.2 Å². The third-order valence-corrected chi connectivity index (χ3v) is 3.11. The van der Waals surface area contributed by atoms with E-state index in [1.54, 1.807) is 0 Å². The molecule has 0 fully saturated rings. The average molecular weight is 269 g/mol. The number of aromatic amines is 1. The number of nitrogens with one attached hydrogen (secondary N) is 2. The van der Waals surface area contributed by atoms with Gasteiger partial charge in [-0.25, -0.2) is 0 Å². The summed E-state index contributed by atoms with van der Waals surface area (Å²) < 4.78 is 1.02. The van der Waals surface area contributed by atoms with Gasteiger partial charge in [-0.3, -0.25) is 0 Å². The minimum atomic E-state index is -0.482. The summed E-state index contributed by atoms with van der Waals surface area (Å²) in [7, 11) is 1.83. The van der Waals surface area contributed by atoms with Crippen LogP contribution in [0.3, 0.4) is 0 Å². The molecule has 15 heavy (non-hydrogen) atoms. The SMILES string of the molecule is CNCC(O)c1cccc2c(Br)c[nH]c12. The van der Waals surface area contributed by atoms with Crippen LogP contribution in [0.5, 0.6) is 0 Å². The fourth-order valence-corrected chi connectivity index (χ4v) is 2.17. The second kappa shape index (κ2) is 4.35. The first-order chi connectivity index (χ1) is 7.24. The van der Waals surface area contributed by atoms with Crippen molar-refractivity contribution >= 4 is 26.8 Å². The number of aliphatic hydroxyl groups is 1. The molecule has 80 valence electrons. The van der Waals surface area contributed by atoms with Gasteiger partial charge in [-0.2, -0.15) is 0 Å². The Labute approximate surface area is 96.6 Å². The Morgan fingerprint density at radius 1 is 1.53 bits per heavy atom. The van der Waals surface area contributed by atoms with Crippen molar-refractivity contribution in [2.24, 2.45) is 0 Å². The zero-order valence-electron chi connectivity index (χ0n) is 8.42. The molecule has 1 aromatic carbocycles. The van der Waals surface area contributed by atoms with Crippen LogP contribution in [0.1, 0.15) is 11.7 Å². The fraction of sp³-hybridized carbons (Fsp3) is 0.273. The molecule has 0 aliphatic carbocycles. The van der Waals surface area contributed by atoms with Crippen LogP contribution in [-0.2, 0) is 0 Å². The number of likely N-dealkylation sites (N-methyl/N-ethyl adjacent to an activating group) is 1. The number of H-pyrrole nitrogens is 1. The van der Waals surface area contributed by atoms with E-state index < -0.39 is 6.10 Å². The summed E-state index contributed by atoms with van der Waals surface area (Å²) in [5.41, 5.74) is 1.92. The Hall–Kier alpha value is -0.840. The van der Waals surface area contributed by atoms with Gasteiger partial charge in [-0.15, -0.1) is 0 Å². The van der Waals surface area contributed by atoms with Gasteiger partial charge in [0.05, 0.1) is 11.6 Å². The summed E-state index contributed by atoms with van der Waals surface area (Å²) in [6, 6.07) is 5.91. The summed E-state index contributed by atoms with van der Waals surface area (Å²) in [6.07, 6.45) is 1.41. The summed E-state index contributed by atoms with van der Waals surface area (Å²) in [6.45, 7) is 0.551. The predicted molar refractivity (Wildman–Crippen MR) is 64.9 cm³/mol. The fourth-order valence-electron chi connectivity index (χ4n) is 1.72. The van der Waals surface area contributed by atoms with E-state index in [-0.39, 0.29) is 0 Å². The molecule has 0 saturated carbocycles. The molecule has 0 aliphatic heterocycles. The van der Waals surface area contributed by atoms with Crippen molar-refractivity contribution in [2.45, 2.75) is 6.10 Å². The number of benzene rings is 1. The van der Waals surface area contributed by atoms with Crippen molar-refractivity contribution in [3.8, 4) is 0 Å². The third kappa shape index (κ3) is 1.93. The summed E-state index contributed by atoms with van der Waals surface area (Å²) in [4.78, 5) is 3.16. The maximum atomic E-state index is 9.93. The second-order valence-corrected chi connectivity index (χ2v) is 4.33. The molecule has 1 unspecified atom stereocenters. The van der Waals surface area contributed by atoms with Crippen molar-refractivity contribution in [1.29, 1.82) is 0 Å². The zero-order chi connectivity index (χ0) is 10.8. The number of rotatable bonds is 3. The van der Waals surface area contributed by atoms with Gasteiger partial charge < -0.3 is 15.4 Å². The Bertz CT molecular complexity index is 467. The molecule has 0 spiro atoms. The highest BCUT2D eigenvalue weighted by Crippen LogP contribution is 2.28. The Morgan fingerprint density at radius 2 is 2.33 bits per heavy atom. The maximum Gasteiger partial charge on any atom is 0.0934 e. The Kier molecular flexibility index (Phi) is 3.09. The van der Waals surface area contributed by atoms with Crippen molar-refractivity contribution < 1.29 is 5.11 Å². The summed E-state index contributed by atoms with van der Waals surface area (Å²) in [5.74, 6) is 0. The van der Waals surface area contributed by atoms with Crippen LogP contribution in [0, 0.1) is 0 Å². The summed E-state index contributed by atoms with van der Waals surface area (Å²) in [5, 5.41) is 14.0. The molecule has 1 atom stereocenters. The van der Waals surface area contributed by atoms with E-state index in [1.165, 1.54) is 0 Å². The third-order valence-electron chi connectivity index (χ3n) is 2.45. The van der Waals surface area contributed by atoms with Gasteiger partial charge in [0.15, 0.2) is 0 Å². The molecule has 0 radical (unpaired) electrons. The Balaban J connectivity index is 2.51. The van der Waals surface area contributed by atoms with E-state index in [4.69, 9.17) is 0 Å².